The second-order valence-electron chi connectivity index (χ2n) is 7.13. The maximum atomic E-state index is 13.1. The van der Waals surface area contributed by atoms with E-state index in [0.29, 0.717) is 50.2 Å². The van der Waals surface area contributed by atoms with Crippen LogP contribution in [0.4, 0.5) is 9.52 Å². The number of rotatable bonds is 7. The van der Waals surface area contributed by atoms with Gasteiger partial charge in [0.25, 0.3) is 0 Å². The zero-order valence-electron chi connectivity index (χ0n) is 16.5. The Hall–Kier alpha value is -2.84. The summed E-state index contributed by atoms with van der Waals surface area (Å²) in [7, 11) is 0. The van der Waals surface area contributed by atoms with Crippen molar-refractivity contribution < 1.29 is 13.9 Å². The Balaban J connectivity index is 1.50. The zero-order valence-corrected chi connectivity index (χ0v) is 17.4. The highest BCUT2D eigenvalue weighted by molar-refractivity contribution is 7.09. The van der Waals surface area contributed by atoms with E-state index in [9.17, 15) is 9.18 Å². The quantitative estimate of drug-likeness (QED) is 0.581. The maximum Gasteiger partial charge on any atom is 0.242 e. The van der Waals surface area contributed by atoms with Crippen LogP contribution in [-0.4, -0.2) is 53.0 Å². The lowest BCUT2D eigenvalue weighted by atomic mass is 10.1. The molecular formula is C22H23FN4O2S. The number of nitrogens with zero attached hydrogens (tertiary/aromatic N) is 4. The van der Waals surface area contributed by atoms with Crippen LogP contribution in [0.25, 0.3) is 0 Å². The van der Waals surface area contributed by atoms with Gasteiger partial charge in [-0.3, -0.25) is 4.79 Å². The number of morpholine rings is 1. The number of benzene rings is 2. The van der Waals surface area contributed by atoms with Gasteiger partial charge in [-0.05, 0) is 23.3 Å². The van der Waals surface area contributed by atoms with Gasteiger partial charge in [0.05, 0.1) is 19.8 Å². The summed E-state index contributed by atoms with van der Waals surface area (Å²) in [5, 5.41) is 0.706. The Labute approximate surface area is 179 Å². The van der Waals surface area contributed by atoms with Crippen LogP contribution < -0.4 is 4.90 Å². The van der Waals surface area contributed by atoms with E-state index in [-0.39, 0.29) is 18.3 Å². The standard InChI is InChI=1S/C22H23FN4O2S/c23-19-8-6-17(7-9-19)14-20-24-22(30-25-20)27(15-18-4-2-1-3-5-18)16-21(28)26-10-12-29-13-11-26/h1-9H,10-16H2. The molecule has 1 aliphatic rings. The molecule has 6 nitrogen and oxygen atoms in total. The third kappa shape index (κ3) is 5.40. The predicted octanol–water partition coefficient (Wildman–Crippen LogP) is 3.13. The number of halogens is 1. The molecule has 1 aromatic heterocycles. The van der Waals surface area contributed by atoms with Crippen LogP contribution in [0.2, 0.25) is 0 Å². The highest BCUT2D eigenvalue weighted by Crippen LogP contribution is 2.22. The van der Waals surface area contributed by atoms with Crippen LogP contribution in [0.15, 0.2) is 54.6 Å². The van der Waals surface area contributed by atoms with Crippen molar-refractivity contribution in [2.45, 2.75) is 13.0 Å². The minimum absolute atomic E-state index is 0.0597. The van der Waals surface area contributed by atoms with Crippen LogP contribution in [-0.2, 0) is 22.5 Å². The maximum absolute atomic E-state index is 13.1. The van der Waals surface area contributed by atoms with E-state index in [1.807, 2.05) is 40.1 Å². The molecule has 30 heavy (non-hydrogen) atoms. The van der Waals surface area contributed by atoms with Crippen molar-refractivity contribution in [3.63, 3.8) is 0 Å². The molecule has 0 N–H and O–H groups in total. The molecule has 2 aromatic carbocycles. The molecule has 0 radical (unpaired) electrons. The van der Waals surface area contributed by atoms with Crippen LogP contribution in [0.5, 0.6) is 0 Å². The van der Waals surface area contributed by atoms with Crippen LogP contribution in [0.3, 0.4) is 0 Å². The average Bonchev–Trinajstić information content (AvgIpc) is 3.25. The molecule has 2 heterocycles. The molecule has 0 spiro atoms. The summed E-state index contributed by atoms with van der Waals surface area (Å²) in [5.41, 5.74) is 2.04. The lowest BCUT2D eigenvalue weighted by Gasteiger charge is -2.29. The molecule has 0 unspecified atom stereocenters. The van der Waals surface area contributed by atoms with Crippen molar-refractivity contribution in [2.24, 2.45) is 0 Å². The Bertz CT molecular complexity index is 959. The summed E-state index contributed by atoms with van der Waals surface area (Å²) in [6, 6.07) is 16.3. The lowest BCUT2D eigenvalue weighted by molar-refractivity contribution is -0.133. The summed E-state index contributed by atoms with van der Waals surface area (Å²) in [6.45, 7) is 3.19. The first kappa shape index (κ1) is 20.4. The fourth-order valence-electron chi connectivity index (χ4n) is 3.30. The number of amides is 1. The van der Waals surface area contributed by atoms with Crippen molar-refractivity contribution in [3.8, 4) is 0 Å². The van der Waals surface area contributed by atoms with Gasteiger partial charge < -0.3 is 14.5 Å². The molecule has 1 aliphatic heterocycles. The molecule has 0 atom stereocenters. The number of ether oxygens (including phenoxy) is 1. The predicted molar refractivity (Wildman–Crippen MR) is 114 cm³/mol. The second-order valence-corrected chi connectivity index (χ2v) is 7.86. The van der Waals surface area contributed by atoms with Crippen molar-refractivity contribution in [2.75, 3.05) is 37.7 Å². The Morgan fingerprint density at radius 2 is 1.80 bits per heavy atom. The summed E-state index contributed by atoms with van der Waals surface area (Å²) >= 11 is 1.28. The van der Waals surface area contributed by atoms with Gasteiger partial charge in [0, 0.05) is 37.6 Å². The van der Waals surface area contributed by atoms with Crippen molar-refractivity contribution in [3.05, 3.63) is 77.4 Å². The van der Waals surface area contributed by atoms with Gasteiger partial charge in [-0.15, -0.1) is 0 Å². The number of aromatic nitrogens is 2. The van der Waals surface area contributed by atoms with Gasteiger partial charge >= 0.3 is 0 Å². The van der Waals surface area contributed by atoms with Crippen molar-refractivity contribution in [1.29, 1.82) is 0 Å². The van der Waals surface area contributed by atoms with Crippen molar-refractivity contribution in [1.82, 2.24) is 14.3 Å². The number of hydrogen-bond donors (Lipinski definition) is 0. The molecule has 3 aromatic rings. The average molecular weight is 427 g/mol. The largest absolute Gasteiger partial charge is 0.378 e. The Morgan fingerprint density at radius 3 is 2.53 bits per heavy atom. The fourth-order valence-corrected chi connectivity index (χ4v) is 3.98. The first-order valence-electron chi connectivity index (χ1n) is 9.89. The van der Waals surface area contributed by atoms with E-state index in [2.05, 4.69) is 9.36 Å². The Morgan fingerprint density at radius 1 is 1.07 bits per heavy atom. The van der Waals surface area contributed by atoms with E-state index in [4.69, 9.17) is 4.74 Å². The third-order valence-corrected chi connectivity index (χ3v) is 5.72. The Kier molecular flexibility index (Phi) is 6.66. The second kappa shape index (κ2) is 9.77. The van der Waals surface area contributed by atoms with E-state index in [1.54, 1.807) is 12.1 Å². The molecule has 1 amide bonds. The number of carbonyl (C=O) groups is 1. The first-order chi connectivity index (χ1) is 14.7. The number of hydrogen-bond acceptors (Lipinski definition) is 6. The summed E-state index contributed by atoms with van der Waals surface area (Å²) in [4.78, 5) is 21.3. The van der Waals surface area contributed by atoms with Crippen LogP contribution in [0.1, 0.15) is 17.0 Å². The lowest BCUT2D eigenvalue weighted by Crippen LogP contribution is -2.45. The monoisotopic (exact) mass is 426 g/mol. The van der Waals surface area contributed by atoms with Gasteiger partial charge in [0.1, 0.15) is 11.6 Å². The minimum atomic E-state index is -0.263. The van der Waals surface area contributed by atoms with Gasteiger partial charge in [-0.2, -0.15) is 4.37 Å². The normalized spacial score (nSPS) is 14.0. The smallest absolute Gasteiger partial charge is 0.242 e. The van der Waals surface area contributed by atoms with Gasteiger partial charge in [-0.25, -0.2) is 9.37 Å². The number of carbonyl (C=O) groups excluding carboxylic acids is 1. The molecule has 0 saturated carbocycles. The molecule has 1 saturated heterocycles. The molecule has 1 fully saturated rings. The van der Waals surface area contributed by atoms with Gasteiger partial charge in [0.15, 0.2) is 0 Å². The summed E-state index contributed by atoms with van der Waals surface area (Å²) in [6.07, 6.45) is 0.521. The fraction of sp³-hybridized carbons (Fsp3) is 0.318. The molecule has 4 rings (SSSR count). The van der Waals surface area contributed by atoms with Gasteiger partial charge in [0.2, 0.25) is 11.0 Å². The molecule has 0 aliphatic carbocycles. The SMILES string of the molecule is O=C(CN(Cc1ccccc1)c1nc(Cc2ccc(F)cc2)ns1)N1CCOCC1. The topological polar surface area (TPSA) is 58.6 Å². The van der Waals surface area contributed by atoms with E-state index >= 15 is 0 Å². The van der Waals surface area contributed by atoms with Crippen LogP contribution in [0, 0.1) is 5.82 Å². The molecular weight excluding hydrogens is 403 g/mol. The van der Waals surface area contributed by atoms with Crippen molar-refractivity contribution >= 4 is 22.6 Å². The summed E-state index contributed by atoms with van der Waals surface area (Å²) < 4.78 is 23.0. The summed E-state index contributed by atoms with van der Waals surface area (Å²) in [5.74, 6) is 0.462. The van der Waals surface area contributed by atoms with Crippen LogP contribution >= 0.6 is 11.5 Å². The minimum Gasteiger partial charge on any atom is -0.378 e. The highest BCUT2D eigenvalue weighted by atomic mass is 32.1. The number of anilines is 1. The van der Waals surface area contributed by atoms with E-state index < -0.39 is 0 Å². The third-order valence-electron chi connectivity index (χ3n) is 4.91. The van der Waals surface area contributed by atoms with E-state index in [1.165, 1.54) is 23.7 Å². The highest BCUT2D eigenvalue weighted by Gasteiger charge is 2.22. The molecule has 8 heteroatoms. The molecule has 0 bridgehead atoms. The van der Waals surface area contributed by atoms with Gasteiger partial charge in [-0.1, -0.05) is 42.5 Å². The van der Waals surface area contributed by atoms with E-state index in [0.717, 1.165) is 11.1 Å². The first-order valence-corrected chi connectivity index (χ1v) is 10.7. The molecule has 156 valence electrons. The zero-order chi connectivity index (χ0) is 20.8.